The number of aromatic hydroxyl groups is 2. The van der Waals surface area contributed by atoms with Gasteiger partial charge in [-0.1, -0.05) is 13.8 Å². The van der Waals surface area contributed by atoms with Crippen molar-refractivity contribution in [2.24, 2.45) is 5.10 Å². The molecule has 0 aliphatic carbocycles. The number of phenolic OH excluding ortho intramolecular Hbond substituents is 2. The lowest BCUT2D eigenvalue weighted by atomic mass is 10.2. The number of aromatic amines is 1. The molecule has 1 aromatic heterocycles. The Morgan fingerprint density at radius 3 is 2.73 bits per heavy atom. The van der Waals surface area contributed by atoms with Gasteiger partial charge < -0.3 is 10.2 Å². The highest BCUT2D eigenvalue weighted by Crippen LogP contribution is 2.32. The number of phenols is 2. The van der Waals surface area contributed by atoms with Crippen molar-refractivity contribution < 1.29 is 15.1 Å². The van der Waals surface area contributed by atoms with Crippen molar-refractivity contribution in [3.63, 3.8) is 0 Å². The van der Waals surface area contributed by atoms with E-state index in [2.05, 4.69) is 15.3 Å². The number of nitrogens with zero attached hydrogens (tertiary/aromatic N) is 4. The van der Waals surface area contributed by atoms with E-state index in [1.807, 2.05) is 13.8 Å². The maximum Gasteiger partial charge on any atom is 0.311 e. The molecule has 22 heavy (non-hydrogen) atoms. The molecule has 1 heterocycles. The lowest BCUT2D eigenvalue weighted by molar-refractivity contribution is -0.385. The third kappa shape index (κ3) is 2.96. The molecule has 2 aromatic rings. The molecular formula is C12H13N5O4S. The van der Waals surface area contributed by atoms with Crippen LogP contribution in [0.2, 0.25) is 0 Å². The van der Waals surface area contributed by atoms with Gasteiger partial charge in [0.2, 0.25) is 4.77 Å². The van der Waals surface area contributed by atoms with Gasteiger partial charge in [-0.2, -0.15) is 14.9 Å². The molecule has 116 valence electrons. The first kappa shape index (κ1) is 15.6. The maximum absolute atomic E-state index is 10.8. The highest BCUT2D eigenvalue weighted by molar-refractivity contribution is 7.71. The molecule has 0 unspecified atom stereocenters. The molecule has 0 aliphatic rings. The number of rotatable bonds is 4. The van der Waals surface area contributed by atoms with Crippen molar-refractivity contribution in [1.82, 2.24) is 14.9 Å². The molecule has 0 radical (unpaired) electrons. The summed E-state index contributed by atoms with van der Waals surface area (Å²) in [6, 6.07) is 1.91. The largest absolute Gasteiger partial charge is 0.507 e. The zero-order valence-electron chi connectivity index (χ0n) is 11.7. The van der Waals surface area contributed by atoms with Crippen LogP contribution in [0.15, 0.2) is 17.2 Å². The van der Waals surface area contributed by atoms with Gasteiger partial charge in [-0.15, -0.1) is 0 Å². The van der Waals surface area contributed by atoms with E-state index in [-0.39, 0.29) is 22.0 Å². The van der Waals surface area contributed by atoms with Crippen LogP contribution in [0.5, 0.6) is 11.5 Å². The maximum atomic E-state index is 10.8. The van der Waals surface area contributed by atoms with Crippen molar-refractivity contribution >= 4 is 24.1 Å². The Hall–Kier alpha value is -2.75. The second-order valence-corrected chi connectivity index (χ2v) is 5.14. The predicted molar refractivity (Wildman–Crippen MR) is 80.9 cm³/mol. The fourth-order valence-electron chi connectivity index (χ4n) is 1.74. The topological polar surface area (TPSA) is 130 Å². The molecule has 0 saturated heterocycles. The van der Waals surface area contributed by atoms with Gasteiger partial charge >= 0.3 is 5.69 Å². The van der Waals surface area contributed by atoms with E-state index in [1.54, 1.807) is 0 Å². The Morgan fingerprint density at radius 2 is 2.14 bits per heavy atom. The van der Waals surface area contributed by atoms with E-state index in [0.717, 1.165) is 12.1 Å². The van der Waals surface area contributed by atoms with Crippen LogP contribution in [0.4, 0.5) is 5.69 Å². The summed E-state index contributed by atoms with van der Waals surface area (Å²) < 4.78 is 1.62. The van der Waals surface area contributed by atoms with Crippen LogP contribution in [-0.2, 0) is 0 Å². The lowest BCUT2D eigenvalue weighted by Gasteiger charge is -2.04. The predicted octanol–water partition coefficient (Wildman–Crippen LogP) is 2.27. The molecule has 9 nitrogen and oxygen atoms in total. The first-order chi connectivity index (χ1) is 10.3. The van der Waals surface area contributed by atoms with Crippen LogP contribution in [0.25, 0.3) is 0 Å². The Balaban J connectivity index is 2.47. The zero-order valence-corrected chi connectivity index (χ0v) is 12.5. The monoisotopic (exact) mass is 323 g/mol. The summed E-state index contributed by atoms with van der Waals surface area (Å²) in [5.74, 6) is -0.336. The molecule has 2 rings (SSSR count). The molecule has 0 fully saturated rings. The van der Waals surface area contributed by atoms with E-state index >= 15 is 0 Å². The van der Waals surface area contributed by atoms with Crippen molar-refractivity contribution in [1.29, 1.82) is 0 Å². The van der Waals surface area contributed by atoms with Crippen LogP contribution < -0.4 is 0 Å². The number of nitro groups is 1. The van der Waals surface area contributed by atoms with Crippen molar-refractivity contribution in [2.75, 3.05) is 0 Å². The molecule has 0 atom stereocenters. The molecule has 0 spiro atoms. The normalized spacial score (nSPS) is 11.4. The summed E-state index contributed by atoms with van der Waals surface area (Å²) in [5, 5.41) is 40.7. The third-order valence-corrected chi connectivity index (χ3v) is 3.09. The number of hydrogen-bond acceptors (Lipinski definition) is 7. The van der Waals surface area contributed by atoms with Gasteiger partial charge in [0.1, 0.15) is 5.75 Å². The minimum Gasteiger partial charge on any atom is -0.507 e. The minimum atomic E-state index is -0.755. The highest BCUT2D eigenvalue weighted by Gasteiger charge is 2.17. The van der Waals surface area contributed by atoms with Gasteiger partial charge in [0.15, 0.2) is 11.6 Å². The number of aromatic nitrogens is 3. The van der Waals surface area contributed by atoms with E-state index in [0.29, 0.717) is 5.82 Å². The van der Waals surface area contributed by atoms with Gasteiger partial charge in [0.25, 0.3) is 0 Å². The summed E-state index contributed by atoms with van der Waals surface area (Å²) in [6.07, 6.45) is 1.21. The number of hydrogen-bond donors (Lipinski definition) is 3. The minimum absolute atomic E-state index is 0.0489. The van der Waals surface area contributed by atoms with Gasteiger partial charge in [-0.25, -0.2) is 0 Å². The van der Waals surface area contributed by atoms with Crippen molar-refractivity contribution in [3.8, 4) is 11.5 Å². The van der Waals surface area contributed by atoms with Crippen molar-refractivity contribution in [2.45, 2.75) is 19.8 Å². The first-order valence-corrected chi connectivity index (χ1v) is 6.64. The summed E-state index contributed by atoms with van der Waals surface area (Å²) in [7, 11) is 0. The Morgan fingerprint density at radius 1 is 1.45 bits per heavy atom. The van der Waals surface area contributed by atoms with Crippen molar-refractivity contribution in [3.05, 3.63) is 38.4 Å². The lowest BCUT2D eigenvalue weighted by Crippen LogP contribution is -2.01. The Labute approximate surface area is 129 Å². The zero-order chi connectivity index (χ0) is 16.4. The van der Waals surface area contributed by atoms with E-state index in [4.69, 9.17) is 12.2 Å². The molecule has 0 aliphatic heterocycles. The van der Waals surface area contributed by atoms with Crippen LogP contribution in [0.1, 0.15) is 31.2 Å². The average molecular weight is 323 g/mol. The molecule has 10 heteroatoms. The van der Waals surface area contributed by atoms with Crippen LogP contribution in [0, 0.1) is 14.9 Å². The molecule has 0 bridgehead atoms. The quantitative estimate of drug-likeness (QED) is 0.342. The SMILES string of the molecule is CC(C)c1n[nH]c(=S)n1/N=C\c1cc([N+](=O)[O-])c(O)cc1O. The number of H-pyrrole nitrogens is 1. The van der Waals surface area contributed by atoms with E-state index in [9.17, 15) is 20.3 Å². The second-order valence-electron chi connectivity index (χ2n) is 4.75. The molecule has 1 aromatic carbocycles. The number of benzene rings is 1. The second kappa shape index (κ2) is 5.93. The number of nitrogens with one attached hydrogen (secondary N) is 1. The average Bonchev–Trinajstić information content (AvgIpc) is 2.79. The smallest absolute Gasteiger partial charge is 0.311 e. The standard InChI is InChI=1S/C12H13N5O4S/c1-6(2)11-14-15-12(22)16(11)13-5-7-3-8(17(20)21)10(19)4-9(7)18/h3-6,18-19H,1-2H3,(H,15,22)/b13-5-. The fourth-order valence-corrected chi connectivity index (χ4v) is 1.93. The van der Waals surface area contributed by atoms with Gasteiger partial charge in [0.05, 0.1) is 11.1 Å². The Bertz CT molecular complexity index is 808. The van der Waals surface area contributed by atoms with E-state index in [1.165, 1.54) is 10.9 Å². The van der Waals surface area contributed by atoms with E-state index < -0.39 is 16.4 Å². The molecule has 0 amide bonds. The molecule has 0 saturated carbocycles. The number of nitro benzene ring substituents is 1. The van der Waals surface area contributed by atoms with Gasteiger partial charge in [0, 0.05) is 23.6 Å². The van der Waals surface area contributed by atoms with Crippen LogP contribution in [0.3, 0.4) is 0 Å². The first-order valence-electron chi connectivity index (χ1n) is 6.23. The third-order valence-electron chi connectivity index (χ3n) is 2.82. The summed E-state index contributed by atoms with van der Waals surface area (Å²) in [5.41, 5.74) is -0.457. The molecule has 3 N–H and O–H groups in total. The molecular weight excluding hydrogens is 310 g/mol. The van der Waals surface area contributed by atoms with Gasteiger partial charge in [-0.05, 0) is 12.2 Å². The highest BCUT2D eigenvalue weighted by atomic mass is 32.1. The fraction of sp³-hybridized carbons (Fsp3) is 0.250. The Kier molecular flexibility index (Phi) is 4.22. The summed E-state index contributed by atoms with van der Waals surface area (Å²) >= 11 is 5.05. The summed E-state index contributed by atoms with van der Waals surface area (Å²) in [6.45, 7) is 3.81. The summed E-state index contributed by atoms with van der Waals surface area (Å²) in [4.78, 5) is 10.0. The van der Waals surface area contributed by atoms with Crippen LogP contribution >= 0.6 is 12.2 Å². The van der Waals surface area contributed by atoms with Crippen LogP contribution in [-0.4, -0.2) is 36.2 Å². The van der Waals surface area contributed by atoms with Gasteiger partial charge in [-0.3, -0.25) is 15.2 Å².